The van der Waals surface area contributed by atoms with Crippen LogP contribution in [0.3, 0.4) is 0 Å². The number of anilines is 1. The quantitative estimate of drug-likeness (QED) is 0.168. The summed E-state index contributed by atoms with van der Waals surface area (Å²) in [6.45, 7) is 12.4. The number of para-hydroxylation sites is 2. The van der Waals surface area contributed by atoms with Gasteiger partial charge in [-0.3, -0.25) is 9.69 Å². The Kier molecular flexibility index (Phi) is 12.5. The first kappa shape index (κ1) is 33.7. The van der Waals surface area contributed by atoms with Crippen molar-refractivity contribution in [1.29, 1.82) is 0 Å². The molecule has 238 valence electrons. The molecule has 9 heteroatoms. The third-order valence-corrected chi connectivity index (χ3v) is 10.8. The van der Waals surface area contributed by atoms with Gasteiger partial charge in [0.25, 0.3) is 0 Å². The zero-order chi connectivity index (χ0) is 31.5. The van der Waals surface area contributed by atoms with Crippen molar-refractivity contribution in [1.82, 2.24) is 9.80 Å². The van der Waals surface area contributed by atoms with Crippen molar-refractivity contribution in [2.45, 2.75) is 77.0 Å². The molecule has 1 aliphatic heterocycles. The molecule has 0 unspecified atom stereocenters. The standard InChI is InChI=1S/C35H49N3O4SSi/c1-6-34(39)38(29-14-8-7-9-15-29)30-18-22-37(23-19-30)27-28-13-10-11-16-31(28)42-32(33-17-12-25-43-33)20-21-36(2)35(40)41-24-26-44(3,4)5/h7-17,25,30,32H,6,18-24,26-27H2,1-5H3/t32-/m1/s1. The summed E-state index contributed by atoms with van der Waals surface area (Å²) in [5.74, 6) is 1.05. The predicted octanol–water partition coefficient (Wildman–Crippen LogP) is 8.07. The van der Waals surface area contributed by atoms with Crippen molar-refractivity contribution in [3.8, 4) is 5.75 Å². The second-order valence-corrected chi connectivity index (χ2v) is 19.4. The molecule has 0 bridgehead atoms. The van der Waals surface area contributed by atoms with E-state index in [2.05, 4.69) is 48.1 Å². The van der Waals surface area contributed by atoms with Crippen LogP contribution in [0.15, 0.2) is 72.1 Å². The minimum absolute atomic E-state index is 0.168. The van der Waals surface area contributed by atoms with E-state index in [0.717, 1.165) is 60.4 Å². The van der Waals surface area contributed by atoms with Crippen molar-refractivity contribution in [2.24, 2.45) is 0 Å². The van der Waals surface area contributed by atoms with Gasteiger partial charge < -0.3 is 19.3 Å². The topological polar surface area (TPSA) is 62.3 Å². The Morgan fingerprint density at radius 3 is 2.36 bits per heavy atom. The number of piperidine rings is 1. The van der Waals surface area contributed by atoms with Gasteiger partial charge in [0.1, 0.15) is 11.9 Å². The molecule has 0 aliphatic carbocycles. The fraction of sp³-hybridized carbons (Fsp3) is 0.486. The zero-order valence-electron chi connectivity index (χ0n) is 27.0. The number of hydrogen-bond donors (Lipinski definition) is 0. The second kappa shape index (κ2) is 16.2. The van der Waals surface area contributed by atoms with E-state index in [1.807, 2.05) is 60.4 Å². The molecule has 2 aromatic carbocycles. The van der Waals surface area contributed by atoms with Crippen molar-refractivity contribution in [3.63, 3.8) is 0 Å². The number of likely N-dealkylation sites (tertiary alicyclic amines) is 1. The number of hydrogen-bond acceptors (Lipinski definition) is 6. The van der Waals surface area contributed by atoms with Gasteiger partial charge in [-0.05, 0) is 48.5 Å². The smallest absolute Gasteiger partial charge is 0.409 e. The van der Waals surface area contributed by atoms with Crippen LogP contribution in [0.4, 0.5) is 10.5 Å². The fourth-order valence-corrected chi connectivity index (χ4v) is 6.99. The van der Waals surface area contributed by atoms with Crippen LogP contribution >= 0.6 is 11.3 Å². The average molecular weight is 636 g/mol. The van der Waals surface area contributed by atoms with E-state index in [-0.39, 0.29) is 24.1 Å². The number of carbonyl (C=O) groups is 2. The van der Waals surface area contributed by atoms with E-state index < -0.39 is 8.07 Å². The van der Waals surface area contributed by atoms with E-state index in [0.29, 0.717) is 26.0 Å². The molecular weight excluding hydrogens is 587 g/mol. The number of nitrogens with zero attached hydrogens (tertiary/aromatic N) is 3. The SMILES string of the molecule is CCC(=O)N(c1ccccc1)C1CCN(Cc2ccccc2O[C@H](CCN(C)C(=O)OCC[Si](C)(C)C)c2cccs2)CC1. The number of thiophene rings is 1. The molecule has 3 aromatic rings. The molecule has 0 N–H and O–H groups in total. The maximum Gasteiger partial charge on any atom is 0.409 e. The van der Waals surface area contributed by atoms with Gasteiger partial charge in [-0.2, -0.15) is 0 Å². The Morgan fingerprint density at radius 1 is 1.00 bits per heavy atom. The number of amides is 2. The van der Waals surface area contributed by atoms with Gasteiger partial charge in [0, 0.05) is 76.3 Å². The summed E-state index contributed by atoms with van der Waals surface area (Å²) in [6, 6.07) is 23.7. The molecule has 2 amide bonds. The van der Waals surface area contributed by atoms with Crippen LogP contribution in [0.25, 0.3) is 0 Å². The first-order chi connectivity index (χ1) is 21.1. The molecular formula is C35H49N3O4SSi. The molecule has 1 fully saturated rings. The summed E-state index contributed by atoms with van der Waals surface area (Å²) in [5.41, 5.74) is 2.14. The second-order valence-electron chi connectivity index (χ2n) is 12.8. The molecule has 1 aliphatic rings. The van der Waals surface area contributed by atoms with E-state index in [1.54, 1.807) is 23.3 Å². The maximum absolute atomic E-state index is 12.9. The lowest BCUT2D eigenvalue weighted by molar-refractivity contribution is -0.119. The normalized spacial score (nSPS) is 15.0. The van der Waals surface area contributed by atoms with E-state index in [1.165, 1.54) is 0 Å². The number of rotatable bonds is 14. The molecule has 4 rings (SSSR count). The molecule has 7 nitrogen and oxygen atoms in total. The Labute approximate surface area is 268 Å². The zero-order valence-corrected chi connectivity index (χ0v) is 28.9. The van der Waals surface area contributed by atoms with E-state index in [4.69, 9.17) is 9.47 Å². The van der Waals surface area contributed by atoms with Gasteiger partial charge in [0.15, 0.2) is 0 Å². The third kappa shape index (κ3) is 9.94. The molecule has 0 saturated carbocycles. The lowest BCUT2D eigenvalue weighted by Gasteiger charge is -2.38. The van der Waals surface area contributed by atoms with Crippen LogP contribution in [0.2, 0.25) is 25.7 Å². The number of carbonyl (C=O) groups excluding carboxylic acids is 2. The van der Waals surface area contributed by atoms with Crippen molar-refractivity contribution in [2.75, 3.05) is 38.2 Å². The Balaban J connectivity index is 1.36. The molecule has 1 saturated heterocycles. The predicted molar refractivity (Wildman–Crippen MR) is 183 cm³/mol. The molecule has 1 atom stereocenters. The monoisotopic (exact) mass is 635 g/mol. The third-order valence-electron chi connectivity index (χ3n) is 8.14. The highest BCUT2D eigenvalue weighted by molar-refractivity contribution is 7.10. The number of benzene rings is 2. The lowest BCUT2D eigenvalue weighted by Crippen LogP contribution is -2.47. The van der Waals surface area contributed by atoms with E-state index in [9.17, 15) is 9.59 Å². The summed E-state index contributed by atoms with van der Waals surface area (Å²) < 4.78 is 12.3. The van der Waals surface area contributed by atoms with Gasteiger partial charge in [0.05, 0.1) is 6.61 Å². The Morgan fingerprint density at radius 2 is 1.70 bits per heavy atom. The van der Waals surface area contributed by atoms with Crippen LogP contribution in [-0.2, 0) is 16.1 Å². The van der Waals surface area contributed by atoms with Gasteiger partial charge in [-0.15, -0.1) is 11.3 Å². The first-order valence-corrected chi connectivity index (χ1v) is 20.5. The summed E-state index contributed by atoms with van der Waals surface area (Å²) in [5, 5.41) is 2.07. The van der Waals surface area contributed by atoms with Crippen molar-refractivity contribution in [3.05, 3.63) is 82.6 Å². The van der Waals surface area contributed by atoms with Gasteiger partial charge in [0.2, 0.25) is 5.91 Å². The highest BCUT2D eigenvalue weighted by atomic mass is 32.1. The molecule has 0 spiro atoms. The van der Waals surface area contributed by atoms with Gasteiger partial charge in [-0.1, -0.05) is 69.0 Å². The highest BCUT2D eigenvalue weighted by Gasteiger charge is 2.29. The van der Waals surface area contributed by atoms with Crippen LogP contribution in [0.5, 0.6) is 5.75 Å². The lowest BCUT2D eigenvalue weighted by atomic mass is 10.0. The highest BCUT2D eigenvalue weighted by Crippen LogP contribution is 2.32. The number of ether oxygens (including phenoxy) is 2. The Bertz CT molecular complexity index is 1310. The first-order valence-electron chi connectivity index (χ1n) is 15.9. The average Bonchev–Trinajstić information content (AvgIpc) is 3.56. The van der Waals surface area contributed by atoms with Crippen LogP contribution in [0, 0.1) is 0 Å². The fourth-order valence-electron chi connectivity index (χ4n) is 5.49. The summed E-state index contributed by atoms with van der Waals surface area (Å²) in [7, 11) is 0.539. The minimum Gasteiger partial charge on any atom is -0.484 e. The summed E-state index contributed by atoms with van der Waals surface area (Å²) in [6.07, 6.45) is 2.59. The van der Waals surface area contributed by atoms with Crippen LogP contribution in [-0.4, -0.2) is 69.2 Å². The Hall–Kier alpha value is -3.14. The molecule has 1 aromatic heterocycles. The van der Waals surface area contributed by atoms with Crippen molar-refractivity contribution >= 4 is 37.1 Å². The maximum atomic E-state index is 12.9. The molecule has 0 radical (unpaired) electrons. The summed E-state index contributed by atoms with van der Waals surface area (Å²) >= 11 is 1.68. The largest absolute Gasteiger partial charge is 0.484 e. The van der Waals surface area contributed by atoms with Gasteiger partial charge >= 0.3 is 6.09 Å². The summed E-state index contributed by atoms with van der Waals surface area (Å²) in [4.78, 5) is 32.8. The van der Waals surface area contributed by atoms with Crippen LogP contribution < -0.4 is 9.64 Å². The van der Waals surface area contributed by atoms with Crippen LogP contribution in [0.1, 0.15) is 49.2 Å². The van der Waals surface area contributed by atoms with E-state index >= 15 is 0 Å². The minimum atomic E-state index is -1.26. The van der Waals surface area contributed by atoms with Gasteiger partial charge in [-0.25, -0.2) is 4.79 Å². The molecule has 2 heterocycles. The molecule has 44 heavy (non-hydrogen) atoms. The van der Waals surface area contributed by atoms with Crippen molar-refractivity contribution < 1.29 is 19.1 Å².